The number of hydrogen-bond acceptors (Lipinski definition) is 4. The Kier molecular flexibility index (Phi) is 4.91. The molecule has 1 saturated carbocycles. The molecule has 4 rings (SSSR count). The predicted molar refractivity (Wildman–Crippen MR) is 113 cm³/mol. The van der Waals surface area contributed by atoms with Crippen LogP contribution in [-0.2, 0) is 15.0 Å². The summed E-state index contributed by atoms with van der Waals surface area (Å²) in [6, 6.07) is 14.9. The lowest BCUT2D eigenvalue weighted by Crippen LogP contribution is -2.27. The minimum Gasteiger partial charge on any atom is -0.326 e. The number of thiazole rings is 1. The average molecular weight is 412 g/mol. The summed E-state index contributed by atoms with van der Waals surface area (Å²) in [5.74, 6) is -0.141. The number of carbonyl (C=O) groups excluding carboxylic acids is 2. The molecular formula is C21H18ClN3O2S. The van der Waals surface area contributed by atoms with Gasteiger partial charge in [-0.05, 0) is 42.7 Å². The van der Waals surface area contributed by atoms with Crippen LogP contribution in [0, 0.1) is 0 Å². The van der Waals surface area contributed by atoms with Crippen LogP contribution < -0.4 is 10.6 Å². The molecule has 2 aromatic carbocycles. The van der Waals surface area contributed by atoms with Gasteiger partial charge in [-0.1, -0.05) is 35.9 Å². The van der Waals surface area contributed by atoms with Crippen LogP contribution in [-0.4, -0.2) is 16.8 Å². The maximum absolute atomic E-state index is 12.9. The van der Waals surface area contributed by atoms with E-state index < -0.39 is 5.41 Å². The van der Waals surface area contributed by atoms with Gasteiger partial charge in [-0.25, -0.2) is 4.98 Å². The molecule has 7 heteroatoms. The van der Waals surface area contributed by atoms with Crippen molar-refractivity contribution in [3.05, 3.63) is 64.5 Å². The fraction of sp³-hybridized carbons (Fsp3) is 0.190. The summed E-state index contributed by atoms with van der Waals surface area (Å²) in [6.45, 7) is 1.47. The number of nitrogens with one attached hydrogen (secondary N) is 2. The Labute approximate surface area is 171 Å². The Hall–Kier alpha value is -2.70. The van der Waals surface area contributed by atoms with Gasteiger partial charge in [0.1, 0.15) is 0 Å². The van der Waals surface area contributed by atoms with Gasteiger partial charge in [0.15, 0.2) is 5.13 Å². The van der Waals surface area contributed by atoms with E-state index in [1.165, 1.54) is 18.3 Å². The third-order valence-corrected chi connectivity index (χ3v) is 5.82. The summed E-state index contributed by atoms with van der Waals surface area (Å²) in [7, 11) is 0. The highest BCUT2D eigenvalue weighted by Crippen LogP contribution is 2.49. The van der Waals surface area contributed by atoms with Crippen LogP contribution in [0.4, 0.5) is 10.8 Å². The van der Waals surface area contributed by atoms with Gasteiger partial charge >= 0.3 is 0 Å². The largest absolute Gasteiger partial charge is 0.326 e. The van der Waals surface area contributed by atoms with Crippen molar-refractivity contribution >= 4 is 45.6 Å². The zero-order chi connectivity index (χ0) is 19.7. The first-order valence-corrected chi connectivity index (χ1v) is 10.1. The zero-order valence-electron chi connectivity index (χ0n) is 15.2. The average Bonchev–Trinajstić information content (AvgIpc) is 3.36. The van der Waals surface area contributed by atoms with E-state index in [0.717, 1.165) is 35.3 Å². The third-order valence-electron chi connectivity index (χ3n) is 4.81. The molecule has 1 aromatic heterocycles. The standard InChI is InChI=1S/C21H18ClN3O2S/c1-13(26)23-17-8-2-14(3-9-17)18-12-28-20(24-18)25-19(27)21(10-11-21)15-4-6-16(22)7-5-15/h2-9,12H,10-11H2,1H3,(H,23,26)(H,24,25,27). The monoisotopic (exact) mass is 411 g/mol. The Bertz CT molecular complexity index is 1020. The van der Waals surface area contributed by atoms with E-state index >= 15 is 0 Å². The fourth-order valence-corrected chi connectivity index (χ4v) is 3.99. The van der Waals surface area contributed by atoms with Gasteiger partial charge in [-0.3, -0.25) is 9.59 Å². The lowest BCUT2D eigenvalue weighted by molar-refractivity contribution is -0.118. The first-order chi connectivity index (χ1) is 13.5. The lowest BCUT2D eigenvalue weighted by atomic mass is 9.95. The van der Waals surface area contributed by atoms with Gasteiger partial charge < -0.3 is 10.6 Å². The molecule has 0 bridgehead atoms. The summed E-state index contributed by atoms with van der Waals surface area (Å²) < 4.78 is 0. The summed E-state index contributed by atoms with van der Waals surface area (Å²) in [5, 5.41) is 8.84. The maximum atomic E-state index is 12.9. The number of halogens is 1. The number of hydrogen-bond donors (Lipinski definition) is 2. The molecule has 1 aliphatic carbocycles. The van der Waals surface area contributed by atoms with Crippen LogP contribution in [0.1, 0.15) is 25.3 Å². The maximum Gasteiger partial charge on any atom is 0.236 e. The summed E-state index contributed by atoms with van der Waals surface area (Å²) in [4.78, 5) is 28.5. The minimum atomic E-state index is -0.476. The summed E-state index contributed by atoms with van der Waals surface area (Å²) >= 11 is 7.35. The van der Waals surface area contributed by atoms with Crippen molar-refractivity contribution in [1.82, 2.24) is 4.98 Å². The van der Waals surface area contributed by atoms with E-state index in [0.29, 0.717) is 10.2 Å². The number of nitrogens with zero attached hydrogens (tertiary/aromatic N) is 1. The van der Waals surface area contributed by atoms with E-state index in [2.05, 4.69) is 15.6 Å². The number of anilines is 2. The molecule has 0 spiro atoms. The van der Waals surface area contributed by atoms with Crippen molar-refractivity contribution in [2.24, 2.45) is 0 Å². The van der Waals surface area contributed by atoms with Gasteiger partial charge in [0, 0.05) is 28.6 Å². The summed E-state index contributed by atoms with van der Waals surface area (Å²) in [5.41, 5.74) is 2.95. The quantitative estimate of drug-likeness (QED) is 0.614. The van der Waals surface area contributed by atoms with E-state index in [9.17, 15) is 9.59 Å². The van der Waals surface area contributed by atoms with Crippen LogP contribution in [0.2, 0.25) is 5.02 Å². The Morgan fingerprint density at radius 2 is 1.71 bits per heavy atom. The molecule has 3 aromatic rings. The molecule has 1 heterocycles. The van der Waals surface area contributed by atoms with E-state index in [1.54, 1.807) is 0 Å². The van der Waals surface area contributed by atoms with Crippen molar-refractivity contribution in [2.45, 2.75) is 25.2 Å². The number of rotatable bonds is 5. The van der Waals surface area contributed by atoms with Crippen molar-refractivity contribution in [3.8, 4) is 11.3 Å². The molecule has 0 aliphatic heterocycles. The molecule has 1 fully saturated rings. The highest BCUT2D eigenvalue weighted by atomic mass is 35.5. The summed E-state index contributed by atoms with van der Waals surface area (Å²) in [6.07, 6.45) is 1.65. The molecule has 28 heavy (non-hydrogen) atoms. The van der Waals surface area contributed by atoms with Crippen LogP contribution in [0.5, 0.6) is 0 Å². The second kappa shape index (κ2) is 7.37. The normalized spacial score (nSPS) is 14.4. The van der Waals surface area contributed by atoms with Crippen molar-refractivity contribution in [3.63, 3.8) is 0 Å². The van der Waals surface area contributed by atoms with Gasteiger partial charge in [-0.2, -0.15) is 0 Å². The van der Waals surface area contributed by atoms with Crippen molar-refractivity contribution in [1.29, 1.82) is 0 Å². The second-order valence-corrected chi connectivity index (χ2v) is 8.13. The number of aromatic nitrogens is 1. The molecule has 5 nitrogen and oxygen atoms in total. The van der Waals surface area contributed by atoms with Gasteiger partial charge in [0.05, 0.1) is 11.1 Å². The van der Waals surface area contributed by atoms with Crippen LogP contribution in [0.3, 0.4) is 0 Å². The molecule has 2 N–H and O–H groups in total. The predicted octanol–water partition coefficient (Wildman–Crippen LogP) is 5.09. The molecule has 0 radical (unpaired) electrons. The smallest absolute Gasteiger partial charge is 0.236 e. The molecule has 0 unspecified atom stereocenters. The van der Waals surface area contributed by atoms with E-state index in [4.69, 9.17) is 11.6 Å². The van der Waals surface area contributed by atoms with Crippen LogP contribution >= 0.6 is 22.9 Å². The molecule has 0 saturated heterocycles. The van der Waals surface area contributed by atoms with E-state index in [-0.39, 0.29) is 11.8 Å². The molecule has 2 amide bonds. The second-order valence-electron chi connectivity index (χ2n) is 6.84. The van der Waals surface area contributed by atoms with Gasteiger partial charge in [0.2, 0.25) is 11.8 Å². The van der Waals surface area contributed by atoms with Gasteiger partial charge in [-0.15, -0.1) is 11.3 Å². The molecule has 142 valence electrons. The Morgan fingerprint density at radius 1 is 1.04 bits per heavy atom. The highest BCUT2D eigenvalue weighted by Gasteiger charge is 2.51. The van der Waals surface area contributed by atoms with Crippen molar-refractivity contribution in [2.75, 3.05) is 10.6 Å². The zero-order valence-corrected chi connectivity index (χ0v) is 16.7. The van der Waals surface area contributed by atoms with Crippen LogP contribution in [0.25, 0.3) is 11.3 Å². The Morgan fingerprint density at radius 3 is 2.32 bits per heavy atom. The number of amides is 2. The third kappa shape index (κ3) is 3.79. The van der Waals surface area contributed by atoms with Crippen molar-refractivity contribution < 1.29 is 9.59 Å². The molecule has 0 atom stereocenters. The fourth-order valence-electron chi connectivity index (χ4n) is 3.15. The molecular weight excluding hydrogens is 394 g/mol. The lowest BCUT2D eigenvalue weighted by Gasteiger charge is -2.14. The Balaban J connectivity index is 1.47. The van der Waals surface area contributed by atoms with Gasteiger partial charge in [0.25, 0.3) is 0 Å². The SMILES string of the molecule is CC(=O)Nc1ccc(-c2csc(NC(=O)C3(c4ccc(Cl)cc4)CC3)n2)cc1. The van der Waals surface area contributed by atoms with Crippen LogP contribution in [0.15, 0.2) is 53.9 Å². The first kappa shape index (κ1) is 18.7. The minimum absolute atomic E-state index is 0.0308. The highest BCUT2D eigenvalue weighted by molar-refractivity contribution is 7.14. The molecule has 1 aliphatic rings. The van der Waals surface area contributed by atoms with E-state index in [1.807, 2.05) is 53.9 Å². The number of benzene rings is 2. The first-order valence-electron chi connectivity index (χ1n) is 8.87. The topological polar surface area (TPSA) is 71.1 Å². The number of carbonyl (C=O) groups is 2.